The van der Waals surface area contributed by atoms with E-state index in [2.05, 4.69) is 5.32 Å². The quantitative estimate of drug-likeness (QED) is 0.799. The zero-order chi connectivity index (χ0) is 13.3. The second-order valence-electron chi connectivity index (χ2n) is 5.63. The molecule has 0 saturated carbocycles. The number of carbonyl (C=O) groups is 1. The number of aliphatic hydroxyl groups excluding tert-OH is 1. The Morgan fingerprint density at radius 3 is 2.78 bits per heavy atom. The number of benzene rings is 1. The van der Waals surface area contributed by atoms with E-state index in [1.807, 2.05) is 26.8 Å². The van der Waals surface area contributed by atoms with E-state index in [0.29, 0.717) is 24.5 Å². The van der Waals surface area contributed by atoms with Crippen molar-refractivity contribution in [1.29, 1.82) is 0 Å². The second kappa shape index (κ2) is 4.61. The zero-order valence-electron chi connectivity index (χ0n) is 11.0. The summed E-state index contributed by atoms with van der Waals surface area (Å²) >= 11 is 0. The Morgan fingerprint density at radius 1 is 1.39 bits per heavy atom. The third-order valence-electron chi connectivity index (χ3n) is 3.03. The summed E-state index contributed by atoms with van der Waals surface area (Å²) in [6.45, 7) is 6.85. The monoisotopic (exact) mass is 249 g/mol. The molecule has 4 heteroatoms. The normalized spacial score (nSPS) is 17.2. The number of ether oxygens (including phenoxy) is 1. The van der Waals surface area contributed by atoms with Crippen molar-refractivity contribution in [3.63, 3.8) is 0 Å². The van der Waals surface area contributed by atoms with E-state index in [0.717, 1.165) is 5.56 Å². The minimum Gasteiger partial charge on any atom is -0.491 e. The molecule has 0 fully saturated rings. The summed E-state index contributed by atoms with van der Waals surface area (Å²) in [4.78, 5) is 11.9. The van der Waals surface area contributed by atoms with Crippen LogP contribution in [0.3, 0.4) is 0 Å². The number of hydrogen-bond donors (Lipinski definition) is 2. The lowest BCUT2D eigenvalue weighted by Crippen LogP contribution is -2.24. The van der Waals surface area contributed by atoms with Crippen LogP contribution in [0.5, 0.6) is 5.75 Å². The highest BCUT2D eigenvalue weighted by atomic mass is 16.5. The van der Waals surface area contributed by atoms with Gasteiger partial charge >= 0.3 is 0 Å². The number of rotatable bonds is 1. The van der Waals surface area contributed by atoms with Gasteiger partial charge in [0.25, 0.3) is 5.91 Å². The summed E-state index contributed by atoms with van der Waals surface area (Å²) in [5, 5.41) is 13.0. The molecule has 1 atom stereocenters. The van der Waals surface area contributed by atoms with Crippen molar-refractivity contribution in [1.82, 2.24) is 5.32 Å². The van der Waals surface area contributed by atoms with Crippen LogP contribution in [0.25, 0.3) is 0 Å². The molecule has 1 unspecified atom stereocenters. The van der Waals surface area contributed by atoms with Crippen molar-refractivity contribution >= 4 is 5.91 Å². The number of carbonyl (C=O) groups excluding carboxylic acids is 1. The van der Waals surface area contributed by atoms with Gasteiger partial charge in [-0.05, 0) is 23.1 Å². The first kappa shape index (κ1) is 12.9. The van der Waals surface area contributed by atoms with E-state index in [4.69, 9.17) is 4.74 Å². The van der Waals surface area contributed by atoms with Crippen molar-refractivity contribution in [3.05, 3.63) is 29.3 Å². The van der Waals surface area contributed by atoms with Gasteiger partial charge < -0.3 is 15.2 Å². The molecular formula is C14H19NO3. The average Bonchev–Trinajstić information content (AvgIpc) is 2.49. The first-order chi connectivity index (χ1) is 8.39. The van der Waals surface area contributed by atoms with Crippen molar-refractivity contribution in [2.24, 2.45) is 5.41 Å². The lowest BCUT2D eigenvalue weighted by Gasteiger charge is -2.26. The molecule has 1 aromatic carbocycles. The first-order valence-electron chi connectivity index (χ1n) is 6.12. The highest BCUT2D eigenvalue weighted by Gasteiger charge is 2.26. The molecule has 1 heterocycles. The fourth-order valence-electron chi connectivity index (χ4n) is 1.94. The van der Waals surface area contributed by atoms with Gasteiger partial charge in [0.2, 0.25) is 0 Å². The van der Waals surface area contributed by atoms with Crippen molar-refractivity contribution < 1.29 is 14.6 Å². The van der Waals surface area contributed by atoms with Crippen LogP contribution in [0, 0.1) is 5.41 Å². The molecule has 1 amide bonds. The molecule has 4 nitrogen and oxygen atoms in total. The van der Waals surface area contributed by atoms with E-state index >= 15 is 0 Å². The zero-order valence-corrected chi connectivity index (χ0v) is 11.0. The van der Waals surface area contributed by atoms with Crippen molar-refractivity contribution in [2.75, 3.05) is 13.2 Å². The number of aliphatic hydroxyl groups is 1. The van der Waals surface area contributed by atoms with Crippen LogP contribution in [0.1, 0.15) is 42.8 Å². The Morgan fingerprint density at radius 2 is 2.11 bits per heavy atom. The lowest BCUT2D eigenvalue weighted by atomic mass is 9.84. The van der Waals surface area contributed by atoms with Gasteiger partial charge in [-0.15, -0.1) is 0 Å². The number of fused-ring (bicyclic) bond motifs is 1. The fourth-order valence-corrected chi connectivity index (χ4v) is 1.94. The van der Waals surface area contributed by atoms with Crippen LogP contribution < -0.4 is 10.1 Å². The number of amides is 1. The van der Waals surface area contributed by atoms with Crippen LogP contribution >= 0.6 is 0 Å². The number of nitrogens with one attached hydrogen (secondary N) is 1. The van der Waals surface area contributed by atoms with Gasteiger partial charge in [-0.25, -0.2) is 0 Å². The Bertz CT molecular complexity index is 463. The molecule has 1 aromatic rings. The van der Waals surface area contributed by atoms with E-state index in [1.54, 1.807) is 12.1 Å². The third kappa shape index (κ3) is 2.48. The van der Waals surface area contributed by atoms with Gasteiger partial charge in [0, 0.05) is 0 Å². The Kier molecular flexibility index (Phi) is 3.30. The van der Waals surface area contributed by atoms with Crippen LogP contribution in [-0.4, -0.2) is 24.2 Å². The predicted octanol–water partition coefficient (Wildman–Crippen LogP) is 1.89. The minimum absolute atomic E-state index is 0.148. The lowest BCUT2D eigenvalue weighted by molar-refractivity contribution is 0.0625. The maximum atomic E-state index is 11.9. The summed E-state index contributed by atoms with van der Waals surface area (Å²) in [7, 11) is 0. The fraction of sp³-hybridized carbons (Fsp3) is 0.500. The summed E-state index contributed by atoms with van der Waals surface area (Å²) in [6.07, 6.45) is -0.612. The smallest absolute Gasteiger partial charge is 0.255 e. The molecule has 2 N–H and O–H groups in total. The Hall–Kier alpha value is -1.55. The van der Waals surface area contributed by atoms with E-state index in [-0.39, 0.29) is 11.3 Å². The summed E-state index contributed by atoms with van der Waals surface area (Å²) in [6, 6.07) is 5.28. The molecular weight excluding hydrogens is 230 g/mol. The first-order valence-corrected chi connectivity index (χ1v) is 6.12. The van der Waals surface area contributed by atoms with Crippen LogP contribution in [0.4, 0.5) is 0 Å². The molecule has 0 bridgehead atoms. The molecule has 0 saturated heterocycles. The number of hydrogen-bond acceptors (Lipinski definition) is 3. The molecule has 0 spiro atoms. The second-order valence-corrected chi connectivity index (χ2v) is 5.63. The Labute approximate surface area is 107 Å². The minimum atomic E-state index is -0.612. The molecule has 0 aliphatic carbocycles. The van der Waals surface area contributed by atoms with E-state index in [9.17, 15) is 9.90 Å². The van der Waals surface area contributed by atoms with Crippen LogP contribution in [-0.2, 0) is 0 Å². The average molecular weight is 249 g/mol. The largest absolute Gasteiger partial charge is 0.491 e. The highest BCUT2D eigenvalue weighted by Crippen LogP contribution is 2.34. The van der Waals surface area contributed by atoms with Crippen molar-refractivity contribution in [3.8, 4) is 5.75 Å². The topological polar surface area (TPSA) is 58.6 Å². The molecule has 98 valence electrons. The molecule has 18 heavy (non-hydrogen) atoms. The third-order valence-corrected chi connectivity index (χ3v) is 3.03. The molecule has 1 aliphatic heterocycles. The van der Waals surface area contributed by atoms with Crippen LogP contribution in [0.2, 0.25) is 0 Å². The standard InChI is InChI=1S/C14H19NO3/c1-14(2,3)12(16)9-4-5-11-10(8-9)13(17)15-6-7-18-11/h4-5,8,12,16H,6-7H2,1-3H3,(H,15,17). The van der Waals surface area contributed by atoms with Crippen LogP contribution in [0.15, 0.2) is 18.2 Å². The van der Waals surface area contributed by atoms with Crippen molar-refractivity contribution in [2.45, 2.75) is 26.9 Å². The summed E-state index contributed by atoms with van der Waals surface area (Å²) < 4.78 is 5.47. The van der Waals surface area contributed by atoms with Gasteiger partial charge in [0.05, 0.1) is 18.2 Å². The molecule has 0 radical (unpaired) electrons. The van der Waals surface area contributed by atoms with Gasteiger partial charge in [-0.3, -0.25) is 4.79 Å². The van der Waals surface area contributed by atoms with Gasteiger partial charge in [0.15, 0.2) is 0 Å². The van der Waals surface area contributed by atoms with E-state index in [1.165, 1.54) is 0 Å². The maximum absolute atomic E-state index is 11.9. The summed E-state index contributed by atoms with van der Waals surface area (Å²) in [5.74, 6) is 0.431. The highest BCUT2D eigenvalue weighted by molar-refractivity contribution is 5.97. The van der Waals surface area contributed by atoms with Gasteiger partial charge in [-0.2, -0.15) is 0 Å². The van der Waals surface area contributed by atoms with Gasteiger partial charge in [-0.1, -0.05) is 26.8 Å². The SMILES string of the molecule is CC(C)(C)C(O)c1ccc2c(c1)C(=O)NCCO2. The molecule has 2 rings (SSSR count). The van der Waals surface area contributed by atoms with E-state index < -0.39 is 6.10 Å². The maximum Gasteiger partial charge on any atom is 0.255 e. The predicted molar refractivity (Wildman–Crippen MR) is 68.7 cm³/mol. The molecule has 1 aliphatic rings. The summed E-state index contributed by atoms with van der Waals surface area (Å²) in [5.41, 5.74) is 0.964. The molecule has 0 aromatic heterocycles. The van der Waals surface area contributed by atoms with Gasteiger partial charge in [0.1, 0.15) is 12.4 Å². The Balaban J connectivity index is 2.40.